The second kappa shape index (κ2) is 9.78. The number of fused-ring (bicyclic) bond motifs is 2. The summed E-state index contributed by atoms with van der Waals surface area (Å²) in [6.45, 7) is 11.7. The number of aromatic nitrogens is 4. The molecule has 0 unspecified atom stereocenters. The van der Waals surface area contributed by atoms with Gasteiger partial charge < -0.3 is 30.4 Å². The van der Waals surface area contributed by atoms with Crippen LogP contribution in [0.5, 0.6) is 11.5 Å². The van der Waals surface area contributed by atoms with Gasteiger partial charge in [-0.25, -0.2) is 4.98 Å². The summed E-state index contributed by atoms with van der Waals surface area (Å²) < 4.78 is 27.5. The van der Waals surface area contributed by atoms with E-state index in [1.807, 2.05) is 16.7 Å². The molecule has 0 aliphatic carbocycles. The van der Waals surface area contributed by atoms with Gasteiger partial charge >= 0.3 is 6.08 Å². The smallest absolute Gasteiger partial charge is 0.312 e. The quantitative estimate of drug-likeness (QED) is 0.332. The van der Waals surface area contributed by atoms with E-state index in [4.69, 9.17) is 20.2 Å². The Labute approximate surface area is 192 Å². The van der Waals surface area contributed by atoms with Crippen LogP contribution in [0.1, 0.15) is 39.1 Å². The van der Waals surface area contributed by atoms with Gasteiger partial charge in [0, 0.05) is 37.3 Å². The minimum Gasteiger partial charge on any atom is -0.486 e. The normalized spacial score (nSPS) is 13.3. The van der Waals surface area contributed by atoms with Crippen molar-refractivity contribution in [3.63, 3.8) is 0 Å². The summed E-state index contributed by atoms with van der Waals surface area (Å²) in [5, 5.41) is 6.91. The predicted molar refractivity (Wildman–Crippen MR) is 126 cm³/mol. The van der Waals surface area contributed by atoms with Gasteiger partial charge in [0.2, 0.25) is 0 Å². The molecule has 178 valence electrons. The zero-order valence-electron chi connectivity index (χ0n) is 19.6. The van der Waals surface area contributed by atoms with Crippen LogP contribution in [0, 0.1) is 12.0 Å². The van der Waals surface area contributed by atoms with Gasteiger partial charge in [-0.2, -0.15) is 14.4 Å². The van der Waals surface area contributed by atoms with Crippen molar-refractivity contribution in [1.82, 2.24) is 24.8 Å². The predicted octanol–water partition coefficient (Wildman–Crippen LogP) is 2.98. The van der Waals surface area contributed by atoms with Gasteiger partial charge in [-0.1, -0.05) is 13.8 Å². The molecule has 4 N–H and O–H groups in total. The average molecular weight is 458 g/mol. The van der Waals surface area contributed by atoms with E-state index in [0.29, 0.717) is 55.6 Å². The number of nitrogens with two attached hydrogens (primary N) is 1. The lowest BCUT2D eigenvalue weighted by atomic mass is 10.1. The van der Waals surface area contributed by atoms with Crippen molar-refractivity contribution >= 4 is 22.7 Å². The van der Waals surface area contributed by atoms with Gasteiger partial charge in [-0.3, -0.25) is 0 Å². The highest BCUT2D eigenvalue weighted by molar-refractivity contribution is 5.82. The number of halogens is 1. The Balaban J connectivity index is 1.73. The second-order valence-corrected chi connectivity index (χ2v) is 8.96. The van der Waals surface area contributed by atoms with Crippen molar-refractivity contribution in [2.75, 3.05) is 37.4 Å². The maximum atomic E-state index is 14.0. The average Bonchev–Trinajstić information content (AvgIpc) is 3.08. The summed E-state index contributed by atoms with van der Waals surface area (Å²) in [5.74, 6) is 2.72. The van der Waals surface area contributed by atoms with Crippen molar-refractivity contribution < 1.29 is 13.9 Å². The molecule has 4 rings (SSSR count). The van der Waals surface area contributed by atoms with E-state index in [-0.39, 0.29) is 11.9 Å². The fourth-order valence-electron chi connectivity index (χ4n) is 3.88. The summed E-state index contributed by atoms with van der Waals surface area (Å²) in [5.41, 5.74) is 8.72. The molecule has 0 spiro atoms. The minimum atomic E-state index is -0.857. The molecule has 1 aliphatic heterocycles. The molecule has 1 aromatic carbocycles. The molecular formula is C23H32FN7O2. The van der Waals surface area contributed by atoms with E-state index in [0.717, 1.165) is 29.4 Å². The molecule has 3 aromatic rings. The highest BCUT2D eigenvalue weighted by Crippen LogP contribution is 2.37. The highest BCUT2D eigenvalue weighted by atomic mass is 19.1. The van der Waals surface area contributed by atoms with Crippen molar-refractivity contribution in [3.8, 4) is 11.5 Å². The number of nitrogens with zero attached hydrogens (tertiary/aromatic N) is 4. The summed E-state index contributed by atoms with van der Waals surface area (Å²) in [4.78, 5) is 12.4. The van der Waals surface area contributed by atoms with Crippen LogP contribution < -0.4 is 25.8 Å². The lowest BCUT2D eigenvalue weighted by molar-refractivity contribution is 0.171. The lowest BCUT2D eigenvalue weighted by Crippen LogP contribution is -2.25. The van der Waals surface area contributed by atoms with E-state index in [2.05, 4.69) is 48.3 Å². The lowest BCUT2D eigenvalue weighted by Gasteiger charge is -2.23. The van der Waals surface area contributed by atoms with Crippen molar-refractivity contribution in [2.24, 2.45) is 5.92 Å². The number of hydrogen-bond donors (Lipinski definition) is 3. The topological polar surface area (TPSA) is 112 Å². The Bertz CT molecular complexity index is 1130. The van der Waals surface area contributed by atoms with Crippen LogP contribution in [0.3, 0.4) is 0 Å². The van der Waals surface area contributed by atoms with Crippen LogP contribution in [0.4, 0.5) is 15.9 Å². The Morgan fingerprint density at radius 2 is 1.82 bits per heavy atom. The Kier molecular flexibility index (Phi) is 6.83. The number of nitrogens with one attached hydrogen (secondary N) is 2. The van der Waals surface area contributed by atoms with E-state index < -0.39 is 6.08 Å². The molecule has 0 atom stereocenters. The molecule has 10 heteroatoms. The zero-order valence-corrected chi connectivity index (χ0v) is 19.6. The van der Waals surface area contributed by atoms with Gasteiger partial charge in [-0.05, 0) is 37.9 Å². The van der Waals surface area contributed by atoms with Crippen LogP contribution in [-0.2, 0) is 13.0 Å². The molecule has 0 fully saturated rings. The molecule has 2 aromatic heterocycles. The molecule has 0 radical (unpaired) electrons. The Hall–Kier alpha value is -3.14. The van der Waals surface area contributed by atoms with Gasteiger partial charge in [0.05, 0.1) is 0 Å². The van der Waals surface area contributed by atoms with Gasteiger partial charge in [-0.15, -0.1) is 0 Å². The fraction of sp³-hybridized carbons (Fsp3) is 0.522. The van der Waals surface area contributed by atoms with Crippen molar-refractivity contribution in [2.45, 2.75) is 46.7 Å². The number of hydrogen-bond acceptors (Lipinski definition) is 8. The van der Waals surface area contributed by atoms with E-state index in [1.54, 1.807) is 0 Å². The SMILES string of the molecule is CC(C)CNCCn1c(Cc2cc3c(cc2NC(C)C)OCCO3)nc2c(N)nc(F)nc21. The maximum absolute atomic E-state index is 14.0. The Morgan fingerprint density at radius 3 is 2.52 bits per heavy atom. The summed E-state index contributed by atoms with van der Waals surface area (Å²) in [6.07, 6.45) is -0.378. The standard InChI is InChI=1S/C23H32FN7O2/c1-13(2)12-26-5-6-31-19(28-20-21(25)29-23(24)30-22(20)31)10-15-9-17-18(33-8-7-32-17)11-16(15)27-14(3)4/h9,11,13-14,26-27H,5-8,10,12H2,1-4H3,(H2,25,29,30). The maximum Gasteiger partial charge on any atom is 0.312 e. The van der Waals surface area contributed by atoms with Crippen LogP contribution >= 0.6 is 0 Å². The van der Waals surface area contributed by atoms with Crippen molar-refractivity contribution in [1.29, 1.82) is 0 Å². The van der Waals surface area contributed by atoms with E-state index in [9.17, 15) is 4.39 Å². The molecule has 0 amide bonds. The van der Waals surface area contributed by atoms with Crippen LogP contribution in [-0.4, -0.2) is 51.9 Å². The third kappa shape index (κ3) is 5.27. The van der Waals surface area contributed by atoms with Crippen LogP contribution in [0.25, 0.3) is 11.2 Å². The third-order valence-corrected chi connectivity index (χ3v) is 5.30. The Morgan fingerprint density at radius 1 is 1.09 bits per heavy atom. The number of ether oxygens (including phenoxy) is 2. The minimum absolute atomic E-state index is 0.0374. The first-order valence-electron chi connectivity index (χ1n) is 11.4. The molecule has 3 heterocycles. The summed E-state index contributed by atoms with van der Waals surface area (Å²) in [7, 11) is 0. The number of rotatable bonds is 9. The number of nitrogen functional groups attached to an aromatic ring is 1. The zero-order chi connectivity index (χ0) is 23.5. The first kappa shape index (κ1) is 23.0. The summed E-state index contributed by atoms with van der Waals surface area (Å²) in [6, 6.07) is 4.17. The summed E-state index contributed by atoms with van der Waals surface area (Å²) >= 11 is 0. The molecule has 0 saturated heterocycles. The monoisotopic (exact) mass is 457 g/mol. The largest absolute Gasteiger partial charge is 0.486 e. The molecule has 33 heavy (non-hydrogen) atoms. The molecule has 9 nitrogen and oxygen atoms in total. The molecule has 0 saturated carbocycles. The van der Waals surface area contributed by atoms with Crippen molar-refractivity contribution in [3.05, 3.63) is 29.6 Å². The van der Waals surface area contributed by atoms with Gasteiger partial charge in [0.1, 0.15) is 19.0 Å². The molecule has 0 bridgehead atoms. The second-order valence-electron chi connectivity index (χ2n) is 8.96. The van der Waals surface area contributed by atoms with Gasteiger partial charge in [0.15, 0.2) is 28.5 Å². The van der Waals surface area contributed by atoms with E-state index in [1.165, 1.54) is 0 Å². The number of anilines is 2. The van der Waals surface area contributed by atoms with Gasteiger partial charge in [0.25, 0.3) is 0 Å². The molecule has 1 aliphatic rings. The first-order valence-corrected chi connectivity index (χ1v) is 11.4. The number of imidazole rings is 1. The first-order chi connectivity index (χ1) is 15.8. The highest BCUT2D eigenvalue weighted by Gasteiger charge is 2.21. The van der Waals surface area contributed by atoms with Crippen LogP contribution in [0.15, 0.2) is 12.1 Å². The third-order valence-electron chi connectivity index (χ3n) is 5.30. The fourth-order valence-corrected chi connectivity index (χ4v) is 3.88. The molecular weight excluding hydrogens is 425 g/mol. The van der Waals surface area contributed by atoms with E-state index >= 15 is 0 Å². The number of benzene rings is 1. The van der Waals surface area contributed by atoms with Crippen LogP contribution in [0.2, 0.25) is 0 Å².